The average Bonchev–Trinajstić information content (AvgIpc) is 2.28. The van der Waals surface area contributed by atoms with E-state index in [0.29, 0.717) is 29.5 Å². The zero-order chi connectivity index (χ0) is 12.1. The van der Waals surface area contributed by atoms with Crippen molar-refractivity contribution in [2.45, 2.75) is 33.2 Å². The number of carbonyl (C=O) groups is 1. The zero-order valence-electron chi connectivity index (χ0n) is 9.79. The molecule has 88 valence electrons. The Morgan fingerprint density at radius 2 is 2.19 bits per heavy atom. The van der Waals surface area contributed by atoms with Crippen LogP contribution in [0.4, 0.5) is 0 Å². The lowest BCUT2D eigenvalue weighted by atomic mass is 9.97. The number of ketones is 1. The lowest BCUT2D eigenvalue weighted by molar-refractivity contribution is 0.0964. The Kier molecular flexibility index (Phi) is 4.97. The van der Waals surface area contributed by atoms with Crippen molar-refractivity contribution in [3.05, 3.63) is 34.3 Å². The predicted octanol–water partition coefficient (Wildman–Crippen LogP) is 3.42. The second-order valence-corrected chi connectivity index (χ2v) is 4.57. The molecule has 3 heteroatoms. The van der Waals surface area contributed by atoms with Crippen molar-refractivity contribution < 1.29 is 4.79 Å². The van der Waals surface area contributed by atoms with Gasteiger partial charge in [-0.3, -0.25) is 4.79 Å². The van der Waals surface area contributed by atoms with Crippen LogP contribution in [-0.4, -0.2) is 5.78 Å². The number of carbonyl (C=O) groups excluding carboxylic acids is 1. The van der Waals surface area contributed by atoms with Gasteiger partial charge in [0.2, 0.25) is 0 Å². The number of halogens is 1. The number of hydrogen-bond donors (Lipinski definition) is 1. The standard InChI is InChI=1S/C13H18ClNO/c1-3-9(2)6-13(16)11-5-4-10(8-15)7-12(11)14/h4-5,7,9H,3,6,8,15H2,1-2H3. The van der Waals surface area contributed by atoms with Gasteiger partial charge in [0.15, 0.2) is 5.78 Å². The van der Waals surface area contributed by atoms with E-state index in [1.54, 1.807) is 12.1 Å². The van der Waals surface area contributed by atoms with E-state index < -0.39 is 0 Å². The first-order valence-electron chi connectivity index (χ1n) is 5.60. The van der Waals surface area contributed by atoms with E-state index in [1.165, 1.54) is 0 Å². The molecular weight excluding hydrogens is 222 g/mol. The smallest absolute Gasteiger partial charge is 0.164 e. The monoisotopic (exact) mass is 239 g/mol. The van der Waals surface area contributed by atoms with E-state index in [-0.39, 0.29) is 5.78 Å². The summed E-state index contributed by atoms with van der Waals surface area (Å²) in [4.78, 5) is 11.9. The number of rotatable bonds is 5. The van der Waals surface area contributed by atoms with Crippen LogP contribution in [0.15, 0.2) is 18.2 Å². The fourth-order valence-corrected chi connectivity index (χ4v) is 1.79. The zero-order valence-corrected chi connectivity index (χ0v) is 10.6. The summed E-state index contributed by atoms with van der Waals surface area (Å²) in [5.74, 6) is 0.515. The largest absolute Gasteiger partial charge is 0.326 e. The quantitative estimate of drug-likeness (QED) is 0.801. The van der Waals surface area contributed by atoms with Gasteiger partial charge in [-0.2, -0.15) is 0 Å². The Balaban J connectivity index is 2.84. The van der Waals surface area contributed by atoms with Gasteiger partial charge < -0.3 is 5.73 Å². The van der Waals surface area contributed by atoms with Crippen molar-refractivity contribution in [2.24, 2.45) is 11.7 Å². The highest BCUT2D eigenvalue weighted by molar-refractivity contribution is 6.34. The molecule has 1 atom stereocenters. The van der Waals surface area contributed by atoms with Gasteiger partial charge in [-0.05, 0) is 23.6 Å². The lowest BCUT2D eigenvalue weighted by Gasteiger charge is -2.09. The topological polar surface area (TPSA) is 43.1 Å². The molecule has 16 heavy (non-hydrogen) atoms. The first-order chi connectivity index (χ1) is 7.58. The molecule has 0 amide bonds. The molecule has 0 saturated carbocycles. The minimum absolute atomic E-state index is 0.114. The molecule has 1 unspecified atom stereocenters. The van der Waals surface area contributed by atoms with E-state index in [0.717, 1.165) is 12.0 Å². The van der Waals surface area contributed by atoms with Crippen LogP contribution in [-0.2, 0) is 6.54 Å². The third-order valence-electron chi connectivity index (χ3n) is 2.80. The number of Topliss-reactive ketones (excluding diaryl/α,β-unsaturated/α-hetero) is 1. The van der Waals surface area contributed by atoms with Gasteiger partial charge in [-0.15, -0.1) is 0 Å². The molecule has 0 aliphatic carbocycles. The van der Waals surface area contributed by atoms with Crippen LogP contribution in [0.25, 0.3) is 0 Å². The van der Waals surface area contributed by atoms with Gasteiger partial charge in [-0.1, -0.05) is 37.9 Å². The Morgan fingerprint density at radius 1 is 1.50 bits per heavy atom. The third kappa shape index (κ3) is 3.32. The van der Waals surface area contributed by atoms with E-state index in [1.807, 2.05) is 6.07 Å². The van der Waals surface area contributed by atoms with Crippen molar-refractivity contribution in [1.82, 2.24) is 0 Å². The second kappa shape index (κ2) is 6.02. The van der Waals surface area contributed by atoms with E-state index in [4.69, 9.17) is 17.3 Å². The van der Waals surface area contributed by atoms with E-state index in [9.17, 15) is 4.79 Å². The van der Waals surface area contributed by atoms with Crippen molar-refractivity contribution in [2.75, 3.05) is 0 Å². The van der Waals surface area contributed by atoms with Crippen LogP contribution in [0.1, 0.15) is 42.6 Å². The Hall–Kier alpha value is -0.860. The normalized spacial score (nSPS) is 12.5. The summed E-state index contributed by atoms with van der Waals surface area (Å²) in [5.41, 5.74) is 7.06. The first kappa shape index (κ1) is 13.2. The molecule has 1 aromatic carbocycles. The summed E-state index contributed by atoms with van der Waals surface area (Å²) >= 11 is 6.05. The average molecular weight is 240 g/mol. The molecule has 0 aliphatic heterocycles. The predicted molar refractivity (Wildman–Crippen MR) is 67.7 cm³/mol. The minimum atomic E-state index is 0.114. The van der Waals surface area contributed by atoms with Crippen LogP contribution in [0.3, 0.4) is 0 Å². The highest BCUT2D eigenvalue weighted by Gasteiger charge is 2.13. The van der Waals surface area contributed by atoms with Crippen molar-refractivity contribution in [3.8, 4) is 0 Å². The van der Waals surface area contributed by atoms with Crippen molar-refractivity contribution >= 4 is 17.4 Å². The van der Waals surface area contributed by atoms with Gasteiger partial charge in [0.25, 0.3) is 0 Å². The molecule has 1 aromatic rings. The minimum Gasteiger partial charge on any atom is -0.326 e. The summed E-state index contributed by atoms with van der Waals surface area (Å²) in [6, 6.07) is 5.40. The maximum atomic E-state index is 11.9. The molecule has 0 aromatic heterocycles. The van der Waals surface area contributed by atoms with Gasteiger partial charge >= 0.3 is 0 Å². The highest BCUT2D eigenvalue weighted by Crippen LogP contribution is 2.21. The van der Waals surface area contributed by atoms with Crippen LogP contribution in [0.2, 0.25) is 5.02 Å². The molecule has 0 radical (unpaired) electrons. The molecule has 0 bridgehead atoms. The first-order valence-corrected chi connectivity index (χ1v) is 5.98. The maximum absolute atomic E-state index is 11.9. The van der Waals surface area contributed by atoms with Crippen LogP contribution in [0.5, 0.6) is 0 Å². The fraction of sp³-hybridized carbons (Fsp3) is 0.462. The summed E-state index contributed by atoms with van der Waals surface area (Å²) in [7, 11) is 0. The highest BCUT2D eigenvalue weighted by atomic mass is 35.5. The van der Waals surface area contributed by atoms with Crippen LogP contribution >= 0.6 is 11.6 Å². The molecule has 0 fully saturated rings. The van der Waals surface area contributed by atoms with Crippen LogP contribution in [0, 0.1) is 5.92 Å². The van der Waals surface area contributed by atoms with Gasteiger partial charge in [0.1, 0.15) is 0 Å². The number of hydrogen-bond acceptors (Lipinski definition) is 2. The molecular formula is C13H18ClNO. The fourth-order valence-electron chi connectivity index (χ4n) is 1.48. The summed E-state index contributed by atoms with van der Waals surface area (Å²) in [5, 5.41) is 0.510. The molecule has 0 saturated heterocycles. The van der Waals surface area contributed by atoms with E-state index in [2.05, 4.69) is 13.8 Å². The SMILES string of the molecule is CCC(C)CC(=O)c1ccc(CN)cc1Cl. The Morgan fingerprint density at radius 3 is 2.69 bits per heavy atom. The van der Waals surface area contributed by atoms with Gasteiger partial charge in [0, 0.05) is 18.5 Å². The number of benzene rings is 1. The van der Waals surface area contributed by atoms with Gasteiger partial charge in [0.05, 0.1) is 5.02 Å². The molecule has 2 nitrogen and oxygen atoms in total. The molecule has 1 rings (SSSR count). The van der Waals surface area contributed by atoms with Crippen LogP contribution < -0.4 is 5.73 Å². The molecule has 0 spiro atoms. The summed E-state index contributed by atoms with van der Waals surface area (Å²) < 4.78 is 0. The third-order valence-corrected chi connectivity index (χ3v) is 3.11. The van der Waals surface area contributed by atoms with Crippen molar-refractivity contribution in [1.29, 1.82) is 0 Å². The molecule has 2 N–H and O–H groups in total. The Labute approximate surface area is 102 Å². The second-order valence-electron chi connectivity index (χ2n) is 4.16. The summed E-state index contributed by atoms with van der Waals surface area (Å²) in [6.07, 6.45) is 1.56. The molecule has 0 aliphatic rings. The summed E-state index contributed by atoms with van der Waals surface area (Å²) in [6.45, 7) is 4.59. The van der Waals surface area contributed by atoms with E-state index >= 15 is 0 Å². The van der Waals surface area contributed by atoms with Gasteiger partial charge in [-0.25, -0.2) is 0 Å². The van der Waals surface area contributed by atoms with Crippen molar-refractivity contribution in [3.63, 3.8) is 0 Å². The Bertz CT molecular complexity index is 376. The number of nitrogens with two attached hydrogens (primary N) is 1. The maximum Gasteiger partial charge on any atom is 0.164 e. The lowest BCUT2D eigenvalue weighted by Crippen LogP contribution is -2.06. The molecule has 0 heterocycles.